The Morgan fingerprint density at radius 3 is 1.81 bits per heavy atom. The molecule has 0 unspecified atom stereocenters. The second-order valence-corrected chi connectivity index (χ2v) is 8.88. The van der Waals surface area contributed by atoms with Gasteiger partial charge in [-0.05, 0) is 86.0 Å². The first-order valence-corrected chi connectivity index (χ1v) is 11.8. The van der Waals surface area contributed by atoms with Crippen LogP contribution in [-0.2, 0) is 4.79 Å². The van der Waals surface area contributed by atoms with Gasteiger partial charge in [0.1, 0.15) is 11.6 Å². The van der Waals surface area contributed by atoms with Crippen molar-refractivity contribution in [3.8, 4) is 0 Å². The number of carbonyl (C=O) groups is 1. The van der Waals surface area contributed by atoms with Crippen LogP contribution >= 0.6 is 0 Å². The first-order valence-electron chi connectivity index (χ1n) is 11.8. The van der Waals surface area contributed by atoms with Crippen LogP contribution < -0.4 is 0 Å². The predicted octanol–water partition coefficient (Wildman–Crippen LogP) is 5.66. The van der Waals surface area contributed by atoms with Crippen molar-refractivity contribution in [3.63, 3.8) is 0 Å². The molecule has 0 saturated carbocycles. The molecule has 5 heteroatoms. The van der Waals surface area contributed by atoms with Crippen LogP contribution in [-0.4, -0.2) is 48.4 Å². The first kappa shape index (κ1) is 22.7. The lowest BCUT2D eigenvalue weighted by Crippen LogP contribution is -2.36. The van der Waals surface area contributed by atoms with E-state index >= 15 is 0 Å². The summed E-state index contributed by atoms with van der Waals surface area (Å²) in [4.78, 5) is 16.8. The molecule has 32 heavy (non-hydrogen) atoms. The summed E-state index contributed by atoms with van der Waals surface area (Å²) in [5, 5.41) is 0. The van der Waals surface area contributed by atoms with Crippen LogP contribution in [0.3, 0.4) is 0 Å². The van der Waals surface area contributed by atoms with Crippen LogP contribution in [0.2, 0.25) is 0 Å². The third-order valence-electron chi connectivity index (χ3n) is 6.65. The summed E-state index contributed by atoms with van der Waals surface area (Å²) in [6.07, 6.45) is 6.89. The van der Waals surface area contributed by atoms with Crippen LogP contribution in [0.5, 0.6) is 0 Å². The molecule has 1 amide bonds. The Morgan fingerprint density at radius 1 is 0.750 bits per heavy atom. The molecule has 2 aromatic carbocycles. The Balaban J connectivity index is 1.38. The molecule has 2 aromatic rings. The maximum absolute atomic E-state index is 13.5. The van der Waals surface area contributed by atoms with E-state index < -0.39 is 0 Å². The van der Waals surface area contributed by atoms with Crippen molar-refractivity contribution in [3.05, 3.63) is 76.9 Å². The van der Waals surface area contributed by atoms with E-state index in [1.807, 2.05) is 4.90 Å². The molecular weight excluding hydrogens is 406 g/mol. The Bertz CT molecular complexity index is 874. The largest absolute Gasteiger partial charge is 0.343 e. The molecule has 0 aliphatic carbocycles. The van der Waals surface area contributed by atoms with Gasteiger partial charge in [-0.25, -0.2) is 8.78 Å². The fourth-order valence-electron chi connectivity index (χ4n) is 4.86. The number of hydrogen-bond donors (Lipinski definition) is 0. The molecule has 0 N–H and O–H groups in total. The fraction of sp³-hybridized carbons (Fsp3) is 0.444. The van der Waals surface area contributed by atoms with Gasteiger partial charge in [-0.2, -0.15) is 0 Å². The number of rotatable bonds is 6. The summed E-state index contributed by atoms with van der Waals surface area (Å²) in [6.45, 7) is 4.67. The molecule has 2 saturated heterocycles. The van der Waals surface area contributed by atoms with Gasteiger partial charge < -0.3 is 9.80 Å². The minimum absolute atomic E-state index is 0.258. The fourth-order valence-corrected chi connectivity index (χ4v) is 4.86. The standard InChI is InChI=1S/C27H32F2N2O/c28-24-10-6-21(7-11-24)27(22-8-12-25(29)13-9-22)23-14-19-30(20-15-23)16-4-5-26(32)31-17-2-1-3-18-31/h6-13H,1-5,14-20H2. The summed E-state index contributed by atoms with van der Waals surface area (Å²) < 4.78 is 27.0. The van der Waals surface area contributed by atoms with Gasteiger partial charge in [0.2, 0.25) is 5.91 Å². The van der Waals surface area contributed by atoms with Gasteiger partial charge in [-0.1, -0.05) is 29.8 Å². The van der Waals surface area contributed by atoms with E-state index in [-0.39, 0.29) is 11.6 Å². The predicted molar refractivity (Wildman–Crippen MR) is 124 cm³/mol. The first-order chi connectivity index (χ1) is 15.6. The lowest BCUT2D eigenvalue weighted by atomic mass is 9.88. The summed E-state index contributed by atoms with van der Waals surface area (Å²) in [5.74, 6) is -0.213. The van der Waals surface area contributed by atoms with Gasteiger partial charge in [-0.15, -0.1) is 0 Å². The molecule has 3 nitrogen and oxygen atoms in total. The SMILES string of the molecule is O=C(CCCN1CCC(=C(c2ccc(F)cc2)c2ccc(F)cc2)CC1)N1CCCCC1. The highest BCUT2D eigenvalue weighted by Crippen LogP contribution is 2.32. The number of piperidine rings is 2. The quantitative estimate of drug-likeness (QED) is 0.581. The smallest absolute Gasteiger partial charge is 0.222 e. The van der Waals surface area contributed by atoms with E-state index in [9.17, 15) is 13.6 Å². The zero-order chi connectivity index (χ0) is 22.3. The maximum atomic E-state index is 13.5. The van der Waals surface area contributed by atoms with Gasteiger partial charge in [0, 0.05) is 32.6 Å². The number of carbonyl (C=O) groups excluding carboxylic acids is 1. The monoisotopic (exact) mass is 438 g/mol. The molecule has 0 aromatic heterocycles. The number of hydrogen-bond acceptors (Lipinski definition) is 2. The van der Waals surface area contributed by atoms with Crippen molar-refractivity contribution < 1.29 is 13.6 Å². The van der Waals surface area contributed by atoms with Crippen LogP contribution in [0.25, 0.3) is 5.57 Å². The van der Waals surface area contributed by atoms with Crippen LogP contribution in [0, 0.1) is 11.6 Å². The van der Waals surface area contributed by atoms with Crippen molar-refractivity contribution in [1.82, 2.24) is 9.80 Å². The maximum Gasteiger partial charge on any atom is 0.222 e. The van der Waals surface area contributed by atoms with Gasteiger partial charge in [-0.3, -0.25) is 4.79 Å². The van der Waals surface area contributed by atoms with E-state index in [1.54, 1.807) is 24.3 Å². The summed E-state index contributed by atoms with van der Waals surface area (Å²) in [6, 6.07) is 13.1. The molecular formula is C27H32F2N2O. The van der Waals surface area contributed by atoms with Gasteiger partial charge >= 0.3 is 0 Å². The van der Waals surface area contributed by atoms with Crippen molar-refractivity contribution in [2.24, 2.45) is 0 Å². The molecule has 2 heterocycles. The average Bonchev–Trinajstić information content (AvgIpc) is 2.83. The Morgan fingerprint density at radius 2 is 1.28 bits per heavy atom. The molecule has 4 rings (SSSR count). The Kier molecular flexibility index (Phi) is 7.69. The zero-order valence-electron chi connectivity index (χ0n) is 18.7. The highest BCUT2D eigenvalue weighted by Gasteiger charge is 2.20. The molecule has 0 radical (unpaired) electrons. The van der Waals surface area contributed by atoms with E-state index in [1.165, 1.54) is 36.3 Å². The molecule has 0 bridgehead atoms. The normalized spacial score (nSPS) is 17.4. The minimum Gasteiger partial charge on any atom is -0.343 e. The minimum atomic E-state index is -0.258. The van der Waals surface area contributed by atoms with Crippen molar-refractivity contribution in [2.75, 3.05) is 32.7 Å². The highest BCUT2D eigenvalue weighted by molar-refractivity contribution is 5.82. The van der Waals surface area contributed by atoms with Gasteiger partial charge in [0.05, 0.1) is 0 Å². The molecule has 0 atom stereocenters. The lowest BCUT2D eigenvalue weighted by Gasteiger charge is -2.31. The summed E-state index contributed by atoms with van der Waals surface area (Å²) >= 11 is 0. The Hall–Kier alpha value is -2.53. The van der Waals surface area contributed by atoms with Crippen molar-refractivity contribution >= 4 is 11.5 Å². The Labute approximate surface area is 189 Å². The van der Waals surface area contributed by atoms with Crippen molar-refractivity contribution in [2.45, 2.75) is 44.9 Å². The molecule has 0 spiro atoms. The van der Waals surface area contributed by atoms with E-state index in [2.05, 4.69) is 4.90 Å². The van der Waals surface area contributed by atoms with Crippen LogP contribution in [0.1, 0.15) is 56.1 Å². The number of nitrogens with zero attached hydrogens (tertiary/aromatic N) is 2. The topological polar surface area (TPSA) is 23.6 Å². The zero-order valence-corrected chi connectivity index (χ0v) is 18.7. The van der Waals surface area contributed by atoms with Gasteiger partial charge in [0.25, 0.3) is 0 Å². The molecule has 2 aliphatic heterocycles. The number of benzene rings is 2. The van der Waals surface area contributed by atoms with E-state index in [4.69, 9.17) is 0 Å². The number of halogens is 2. The van der Waals surface area contributed by atoms with E-state index in [0.717, 1.165) is 81.5 Å². The number of amides is 1. The second kappa shape index (κ2) is 10.9. The van der Waals surface area contributed by atoms with Crippen LogP contribution in [0.4, 0.5) is 8.78 Å². The average molecular weight is 439 g/mol. The summed E-state index contributed by atoms with van der Waals surface area (Å²) in [7, 11) is 0. The third-order valence-corrected chi connectivity index (χ3v) is 6.65. The molecule has 2 fully saturated rings. The molecule has 2 aliphatic rings. The van der Waals surface area contributed by atoms with E-state index in [0.29, 0.717) is 12.3 Å². The van der Waals surface area contributed by atoms with Gasteiger partial charge in [0.15, 0.2) is 0 Å². The van der Waals surface area contributed by atoms with Crippen LogP contribution in [0.15, 0.2) is 54.1 Å². The second-order valence-electron chi connectivity index (χ2n) is 8.88. The highest BCUT2D eigenvalue weighted by atomic mass is 19.1. The van der Waals surface area contributed by atoms with Crippen molar-refractivity contribution in [1.29, 1.82) is 0 Å². The lowest BCUT2D eigenvalue weighted by molar-refractivity contribution is -0.132. The summed E-state index contributed by atoms with van der Waals surface area (Å²) in [5.41, 5.74) is 4.34. The molecule has 170 valence electrons. The number of likely N-dealkylation sites (tertiary alicyclic amines) is 2. The third kappa shape index (κ3) is 5.83.